The zero-order valence-corrected chi connectivity index (χ0v) is 16.6. The van der Waals surface area contributed by atoms with Gasteiger partial charge in [-0.05, 0) is 38.5 Å². The van der Waals surface area contributed by atoms with Crippen LogP contribution in [0, 0.1) is 6.92 Å². The lowest BCUT2D eigenvalue weighted by atomic mass is 9.92. The Morgan fingerprint density at radius 1 is 1.15 bits per heavy atom. The molecule has 1 aromatic heterocycles. The number of aromatic hydroxyl groups is 1. The standard InChI is InChI=1S/C18H24N2O5S/c1-11-7-8-12(9-13(11)21)26(23,24)18(5,6)16(22)19-15-10-14(20-25-15)17(2,3)4/h7-10,21H,1-6H3,(H,19,22). The molecule has 0 aliphatic carbocycles. The third kappa shape index (κ3) is 3.60. The quantitative estimate of drug-likeness (QED) is 0.843. The van der Waals surface area contributed by atoms with E-state index in [9.17, 15) is 18.3 Å². The van der Waals surface area contributed by atoms with Crippen LogP contribution in [0.1, 0.15) is 45.9 Å². The van der Waals surface area contributed by atoms with E-state index in [1.54, 1.807) is 13.0 Å². The van der Waals surface area contributed by atoms with Crippen LogP contribution in [0.5, 0.6) is 5.75 Å². The molecule has 0 saturated heterocycles. The number of nitrogens with one attached hydrogen (secondary N) is 1. The minimum absolute atomic E-state index is 0.0787. The molecule has 0 unspecified atom stereocenters. The van der Waals surface area contributed by atoms with Gasteiger partial charge in [-0.2, -0.15) is 0 Å². The summed E-state index contributed by atoms with van der Waals surface area (Å²) in [5.41, 5.74) is 0.910. The van der Waals surface area contributed by atoms with E-state index in [0.717, 1.165) is 6.07 Å². The molecular formula is C18H24N2O5S. The van der Waals surface area contributed by atoms with Crippen LogP contribution in [0.15, 0.2) is 33.7 Å². The maximum Gasteiger partial charge on any atom is 0.248 e. The molecule has 1 aromatic carbocycles. The Kier molecular flexibility index (Phi) is 4.93. The van der Waals surface area contributed by atoms with Crippen molar-refractivity contribution in [3.63, 3.8) is 0 Å². The van der Waals surface area contributed by atoms with Gasteiger partial charge in [-0.25, -0.2) is 8.42 Å². The highest BCUT2D eigenvalue weighted by atomic mass is 32.2. The Labute approximate surface area is 153 Å². The predicted octanol–water partition coefficient (Wildman–Crippen LogP) is 3.18. The second kappa shape index (κ2) is 6.42. The highest BCUT2D eigenvalue weighted by Crippen LogP contribution is 2.31. The number of hydrogen-bond acceptors (Lipinski definition) is 6. The van der Waals surface area contributed by atoms with Crippen LogP contribution in [0.25, 0.3) is 0 Å². The van der Waals surface area contributed by atoms with Crippen molar-refractivity contribution >= 4 is 21.6 Å². The van der Waals surface area contributed by atoms with Crippen molar-refractivity contribution in [2.24, 2.45) is 0 Å². The number of anilines is 1. The van der Waals surface area contributed by atoms with Crippen molar-refractivity contribution in [3.8, 4) is 5.75 Å². The predicted molar refractivity (Wildman–Crippen MR) is 97.9 cm³/mol. The molecule has 0 spiro atoms. The van der Waals surface area contributed by atoms with E-state index in [2.05, 4.69) is 10.5 Å². The van der Waals surface area contributed by atoms with Gasteiger partial charge in [0.25, 0.3) is 0 Å². The summed E-state index contributed by atoms with van der Waals surface area (Å²) in [7, 11) is -4.05. The maximum absolute atomic E-state index is 12.9. The highest BCUT2D eigenvalue weighted by Gasteiger charge is 2.43. The molecule has 2 aromatic rings. The summed E-state index contributed by atoms with van der Waals surface area (Å²) in [5, 5.41) is 16.2. The number of benzene rings is 1. The van der Waals surface area contributed by atoms with Crippen LogP contribution < -0.4 is 5.32 Å². The van der Waals surface area contributed by atoms with Gasteiger partial charge in [-0.15, -0.1) is 0 Å². The van der Waals surface area contributed by atoms with Crippen molar-refractivity contribution in [3.05, 3.63) is 35.5 Å². The molecule has 7 nitrogen and oxygen atoms in total. The lowest BCUT2D eigenvalue weighted by Gasteiger charge is -2.23. The Bertz CT molecular complexity index is 937. The average Bonchev–Trinajstić information content (AvgIpc) is 2.98. The van der Waals surface area contributed by atoms with E-state index in [4.69, 9.17) is 4.52 Å². The Hall–Kier alpha value is -2.35. The molecular weight excluding hydrogens is 356 g/mol. The van der Waals surface area contributed by atoms with Crippen molar-refractivity contribution in [2.45, 2.75) is 56.6 Å². The van der Waals surface area contributed by atoms with E-state index < -0.39 is 20.5 Å². The lowest BCUT2D eigenvalue weighted by Crippen LogP contribution is -2.44. The SMILES string of the molecule is Cc1ccc(S(=O)(=O)C(C)(C)C(=O)Nc2cc(C(C)(C)C)no2)cc1O. The van der Waals surface area contributed by atoms with Gasteiger partial charge < -0.3 is 9.63 Å². The summed E-state index contributed by atoms with van der Waals surface area (Å²) in [4.78, 5) is 12.5. The number of aromatic nitrogens is 1. The monoisotopic (exact) mass is 380 g/mol. The first kappa shape index (κ1) is 20.0. The van der Waals surface area contributed by atoms with E-state index in [1.807, 2.05) is 20.8 Å². The number of sulfone groups is 1. The molecule has 0 atom stereocenters. The fourth-order valence-corrected chi connectivity index (χ4v) is 3.52. The van der Waals surface area contributed by atoms with Crippen LogP contribution in [0.4, 0.5) is 5.88 Å². The molecule has 2 rings (SSSR count). The topological polar surface area (TPSA) is 110 Å². The fraction of sp³-hybridized carbons (Fsp3) is 0.444. The first-order chi connectivity index (χ1) is 11.8. The Morgan fingerprint density at radius 3 is 2.27 bits per heavy atom. The highest BCUT2D eigenvalue weighted by molar-refractivity contribution is 7.93. The van der Waals surface area contributed by atoms with Gasteiger partial charge in [0.1, 0.15) is 10.5 Å². The molecule has 0 bridgehead atoms. The number of phenolic OH excluding ortho intramolecular Hbond substituents is 1. The number of hydrogen-bond donors (Lipinski definition) is 2. The second-order valence-electron chi connectivity index (χ2n) is 7.74. The molecule has 0 radical (unpaired) electrons. The van der Waals surface area contributed by atoms with Gasteiger partial charge >= 0.3 is 0 Å². The van der Waals surface area contributed by atoms with Crippen LogP contribution in [0.3, 0.4) is 0 Å². The number of carbonyl (C=O) groups is 1. The number of rotatable bonds is 4. The minimum Gasteiger partial charge on any atom is -0.508 e. The van der Waals surface area contributed by atoms with Crippen molar-refractivity contribution in [1.82, 2.24) is 5.16 Å². The molecule has 0 aliphatic rings. The van der Waals surface area contributed by atoms with Crippen LogP contribution in [0.2, 0.25) is 0 Å². The smallest absolute Gasteiger partial charge is 0.248 e. The molecule has 0 saturated carbocycles. The van der Waals surface area contributed by atoms with E-state index in [-0.39, 0.29) is 21.9 Å². The van der Waals surface area contributed by atoms with Crippen LogP contribution in [-0.2, 0) is 20.0 Å². The van der Waals surface area contributed by atoms with Gasteiger partial charge in [0.05, 0.1) is 10.6 Å². The molecule has 0 fully saturated rings. The fourth-order valence-electron chi connectivity index (χ4n) is 2.12. The molecule has 26 heavy (non-hydrogen) atoms. The molecule has 1 heterocycles. The minimum atomic E-state index is -4.05. The Balaban J connectivity index is 2.31. The molecule has 8 heteroatoms. The summed E-state index contributed by atoms with van der Waals surface area (Å²) in [6.45, 7) is 10.1. The van der Waals surface area contributed by atoms with Crippen molar-refractivity contribution in [2.75, 3.05) is 5.32 Å². The number of aryl methyl sites for hydroxylation is 1. The van der Waals surface area contributed by atoms with E-state index >= 15 is 0 Å². The number of nitrogens with zero attached hydrogens (tertiary/aromatic N) is 1. The first-order valence-electron chi connectivity index (χ1n) is 8.10. The van der Waals surface area contributed by atoms with E-state index in [0.29, 0.717) is 11.3 Å². The zero-order chi connectivity index (χ0) is 19.9. The summed E-state index contributed by atoms with van der Waals surface area (Å²) in [5.74, 6) is -0.823. The van der Waals surface area contributed by atoms with Crippen molar-refractivity contribution < 1.29 is 22.8 Å². The summed E-state index contributed by atoms with van der Waals surface area (Å²) < 4.78 is 29.1. The molecule has 0 aliphatic heterocycles. The largest absolute Gasteiger partial charge is 0.508 e. The van der Waals surface area contributed by atoms with Gasteiger partial charge in [-0.3, -0.25) is 10.1 Å². The van der Waals surface area contributed by atoms with Gasteiger partial charge in [0.2, 0.25) is 11.8 Å². The number of carbonyl (C=O) groups excluding carboxylic acids is 1. The molecule has 2 N–H and O–H groups in total. The summed E-state index contributed by atoms with van der Waals surface area (Å²) >= 11 is 0. The third-order valence-electron chi connectivity index (χ3n) is 4.22. The summed E-state index contributed by atoms with van der Waals surface area (Å²) in [6.07, 6.45) is 0. The molecule has 142 valence electrons. The normalized spacial score (nSPS) is 12.8. The summed E-state index contributed by atoms with van der Waals surface area (Å²) in [6, 6.07) is 5.57. The Morgan fingerprint density at radius 2 is 1.77 bits per heavy atom. The third-order valence-corrected chi connectivity index (χ3v) is 6.63. The lowest BCUT2D eigenvalue weighted by molar-refractivity contribution is -0.118. The van der Waals surface area contributed by atoms with Crippen LogP contribution >= 0.6 is 0 Å². The number of phenols is 1. The molecule has 1 amide bonds. The van der Waals surface area contributed by atoms with E-state index in [1.165, 1.54) is 26.0 Å². The van der Waals surface area contributed by atoms with Crippen molar-refractivity contribution in [1.29, 1.82) is 0 Å². The van der Waals surface area contributed by atoms with Gasteiger partial charge in [0, 0.05) is 11.5 Å². The van der Waals surface area contributed by atoms with Gasteiger partial charge in [-0.1, -0.05) is 32.0 Å². The first-order valence-corrected chi connectivity index (χ1v) is 9.58. The number of amides is 1. The maximum atomic E-state index is 12.9. The van der Waals surface area contributed by atoms with Crippen LogP contribution in [-0.4, -0.2) is 29.3 Å². The zero-order valence-electron chi connectivity index (χ0n) is 15.7. The second-order valence-corrected chi connectivity index (χ2v) is 10.2. The average molecular weight is 380 g/mol. The van der Waals surface area contributed by atoms with Gasteiger partial charge in [0.15, 0.2) is 9.84 Å².